The number of β-lactam (4-membered cyclic amide) rings is 1. The van der Waals surface area contributed by atoms with E-state index in [9.17, 15) is 24.0 Å². The minimum Gasteiger partial charge on any atom is -0.462 e. The molecule has 2 atom stereocenters. The lowest BCUT2D eigenvalue weighted by Crippen LogP contribution is -2.71. The smallest absolute Gasteiger partial charge is 0.404 e. The lowest BCUT2D eigenvalue weighted by atomic mass is 10.0. The van der Waals surface area contributed by atoms with Gasteiger partial charge in [-0.2, -0.15) is 0 Å². The number of fused-ring (bicyclic) bond motifs is 1. The number of oxime groups is 1. The normalized spacial score (nSPS) is 19.2. The van der Waals surface area contributed by atoms with Gasteiger partial charge in [0.2, 0.25) is 12.5 Å². The van der Waals surface area contributed by atoms with Crippen LogP contribution >= 0.6 is 11.8 Å². The quantitative estimate of drug-likeness (QED) is 0.121. The lowest BCUT2D eigenvalue weighted by molar-refractivity contribution is -0.181. The minimum absolute atomic E-state index is 0.116. The number of thioether (sulfide) groups is 1. The maximum absolute atomic E-state index is 13.1. The van der Waals surface area contributed by atoms with E-state index in [1.807, 2.05) is 0 Å². The Hall–Kier alpha value is -4.05. The minimum atomic E-state index is -1.28. The highest BCUT2D eigenvalue weighted by Crippen LogP contribution is 2.40. The van der Waals surface area contributed by atoms with Crippen molar-refractivity contribution in [3.63, 3.8) is 0 Å². The first-order valence-electron chi connectivity index (χ1n) is 11.0. The molecule has 0 unspecified atom stereocenters. The van der Waals surface area contributed by atoms with Crippen molar-refractivity contribution >= 4 is 47.3 Å². The molecule has 0 aromatic carbocycles. The van der Waals surface area contributed by atoms with Crippen LogP contribution in [0.15, 0.2) is 39.2 Å². The molecule has 38 heavy (non-hydrogen) atoms. The van der Waals surface area contributed by atoms with Crippen molar-refractivity contribution in [2.24, 2.45) is 10.9 Å². The topological polar surface area (TPSA) is 198 Å². The summed E-state index contributed by atoms with van der Waals surface area (Å²) in [6.45, 7) is 1.77. The van der Waals surface area contributed by atoms with E-state index in [0.717, 1.165) is 4.90 Å². The van der Waals surface area contributed by atoms with Gasteiger partial charge in [-0.05, 0) is 26.0 Å². The molecule has 2 aliphatic rings. The third kappa shape index (κ3) is 6.08. The third-order valence-corrected chi connectivity index (χ3v) is 6.79. The first-order chi connectivity index (χ1) is 18.0. The van der Waals surface area contributed by atoms with Crippen molar-refractivity contribution in [1.29, 1.82) is 0 Å². The van der Waals surface area contributed by atoms with Gasteiger partial charge in [0.1, 0.15) is 30.8 Å². The van der Waals surface area contributed by atoms with Gasteiger partial charge in [0, 0.05) is 18.4 Å². The molecule has 3 amide bonds. The van der Waals surface area contributed by atoms with Gasteiger partial charge in [0.25, 0.3) is 11.8 Å². The van der Waals surface area contributed by atoms with Gasteiger partial charge in [-0.15, -0.1) is 11.8 Å². The summed E-state index contributed by atoms with van der Waals surface area (Å²) in [6, 6.07) is 2.00. The summed E-state index contributed by atoms with van der Waals surface area (Å²) < 4.78 is 25.0. The van der Waals surface area contributed by atoms with Crippen LogP contribution in [0.4, 0.5) is 4.79 Å². The molecule has 206 valence electrons. The first kappa shape index (κ1) is 28.5. The fraction of sp³-hybridized carbons (Fsp3) is 0.455. The maximum atomic E-state index is 13.1. The monoisotopic (exact) mass is 554 g/mol. The van der Waals surface area contributed by atoms with Gasteiger partial charge >= 0.3 is 18.0 Å². The van der Waals surface area contributed by atoms with E-state index in [1.165, 1.54) is 52.2 Å². The summed E-state index contributed by atoms with van der Waals surface area (Å²) in [5.41, 5.74) is 3.57. The number of primary amides is 1. The van der Waals surface area contributed by atoms with E-state index >= 15 is 0 Å². The predicted octanol–water partition coefficient (Wildman–Crippen LogP) is -0.152. The van der Waals surface area contributed by atoms with Crippen LogP contribution < -0.4 is 11.1 Å². The second-order valence-corrected chi connectivity index (χ2v) is 9.32. The molecular formula is C22H26N4O11S. The Bertz CT molecular complexity index is 1160. The second-order valence-electron chi connectivity index (χ2n) is 8.22. The molecule has 16 heteroatoms. The second kappa shape index (κ2) is 12.0. The Morgan fingerprint density at radius 2 is 1.97 bits per heavy atom. The van der Waals surface area contributed by atoms with Crippen LogP contribution in [0.5, 0.6) is 0 Å². The highest BCUT2D eigenvalue weighted by Gasteiger charge is 2.55. The Balaban J connectivity index is 1.75. The number of nitrogens with two attached hydrogens (primary N) is 1. The van der Waals surface area contributed by atoms with E-state index in [2.05, 4.69) is 10.5 Å². The highest BCUT2D eigenvalue weighted by molar-refractivity contribution is 8.00. The molecule has 1 saturated heterocycles. The Morgan fingerprint density at radius 1 is 1.24 bits per heavy atom. The lowest BCUT2D eigenvalue weighted by Gasteiger charge is -2.49. The predicted molar refractivity (Wildman–Crippen MR) is 128 cm³/mol. The van der Waals surface area contributed by atoms with Crippen LogP contribution in [0.2, 0.25) is 0 Å². The van der Waals surface area contributed by atoms with E-state index in [0.29, 0.717) is 0 Å². The number of carbonyl (C=O) groups excluding carboxylic acids is 5. The van der Waals surface area contributed by atoms with Crippen molar-refractivity contribution in [1.82, 2.24) is 10.2 Å². The Morgan fingerprint density at radius 3 is 2.58 bits per heavy atom. The first-order valence-corrected chi connectivity index (χ1v) is 12.0. The number of hydrogen-bond donors (Lipinski definition) is 2. The fourth-order valence-electron chi connectivity index (χ4n) is 3.32. The number of amides is 3. The Kier molecular flexibility index (Phi) is 9.00. The molecule has 0 radical (unpaired) electrons. The van der Waals surface area contributed by atoms with Crippen LogP contribution in [-0.4, -0.2) is 90.8 Å². The van der Waals surface area contributed by atoms with Gasteiger partial charge in [0.05, 0.1) is 6.26 Å². The number of nitrogens with one attached hydrogen (secondary N) is 1. The van der Waals surface area contributed by atoms with Crippen LogP contribution in [0.1, 0.15) is 19.6 Å². The third-order valence-electron chi connectivity index (χ3n) is 5.45. The molecule has 2 aliphatic heterocycles. The van der Waals surface area contributed by atoms with Crippen molar-refractivity contribution < 1.29 is 52.2 Å². The van der Waals surface area contributed by atoms with E-state index in [4.69, 9.17) is 33.9 Å². The molecule has 3 N–H and O–H groups in total. The highest BCUT2D eigenvalue weighted by atomic mass is 32.2. The zero-order valence-electron chi connectivity index (χ0n) is 20.9. The van der Waals surface area contributed by atoms with Crippen LogP contribution in [0.3, 0.4) is 0 Å². The van der Waals surface area contributed by atoms with Crippen molar-refractivity contribution in [2.45, 2.75) is 30.9 Å². The summed E-state index contributed by atoms with van der Waals surface area (Å²) in [4.78, 5) is 67.8. The molecule has 0 bridgehead atoms. The number of methoxy groups -OCH3 is 1. The summed E-state index contributed by atoms with van der Waals surface area (Å²) >= 11 is 1.20. The zero-order valence-corrected chi connectivity index (χ0v) is 21.7. The fourth-order valence-corrected chi connectivity index (χ4v) is 4.64. The van der Waals surface area contributed by atoms with Gasteiger partial charge in [-0.3, -0.25) is 14.5 Å². The molecule has 0 aliphatic carbocycles. The number of esters is 2. The molecule has 1 fully saturated rings. The summed E-state index contributed by atoms with van der Waals surface area (Å²) in [5, 5.41) is 5.51. The van der Waals surface area contributed by atoms with E-state index in [1.54, 1.807) is 6.07 Å². The van der Waals surface area contributed by atoms with E-state index < -0.39 is 53.7 Å². The van der Waals surface area contributed by atoms with Gasteiger partial charge in [-0.25, -0.2) is 14.4 Å². The number of nitrogens with zero attached hydrogens (tertiary/aromatic N) is 2. The molecule has 1 aromatic rings. The summed E-state index contributed by atoms with van der Waals surface area (Å²) in [6.07, 6.45) is 0.253. The van der Waals surface area contributed by atoms with Crippen LogP contribution in [0, 0.1) is 0 Å². The zero-order chi connectivity index (χ0) is 28.0. The van der Waals surface area contributed by atoms with Gasteiger partial charge < -0.3 is 39.3 Å². The average Bonchev–Trinajstić information content (AvgIpc) is 3.42. The van der Waals surface area contributed by atoms with Crippen molar-refractivity contribution in [3.05, 3.63) is 35.4 Å². The molecular weight excluding hydrogens is 528 g/mol. The van der Waals surface area contributed by atoms with Crippen LogP contribution in [-0.2, 0) is 43.0 Å². The van der Waals surface area contributed by atoms with Gasteiger partial charge in [0.15, 0.2) is 11.4 Å². The average molecular weight is 555 g/mol. The number of hydrogen-bond acceptors (Lipinski definition) is 13. The SMILES string of the molecule is CO/N=C(/C(=O)N[C@@H]1C(=O)N2C(C(=O)OCOC(=O)C(C)(C)OC)=C(COC(N)=O)CS[C@H]12)c1ccco1. The standard InChI is InChI=1S/C22H26N4O11S/c1-22(2,32-3)20(30)37-10-36-19(29)15-11(8-35-21(23)31)9-38-18-14(17(28)26(15)18)24-16(27)13(25-33-4)12-6-5-7-34-12/h5-7,14,18H,8-10H2,1-4H3,(H2,23,31)(H,24,27)/b25-13+/t14-,18-/m1/s1. The van der Waals surface area contributed by atoms with Crippen molar-refractivity contribution in [3.8, 4) is 0 Å². The molecule has 15 nitrogen and oxygen atoms in total. The number of rotatable bonds is 11. The Labute approximate surface area is 220 Å². The van der Waals surface area contributed by atoms with Gasteiger partial charge in [-0.1, -0.05) is 5.16 Å². The number of ether oxygens (including phenoxy) is 4. The van der Waals surface area contributed by atoms with E-state index in [-0.39, 0.29) is 35.1 Å². The number of carbonyl (C=O) groups is 5. The largest absolute Gasteiger partial charge is 0.462 e. The molecule has 0 saturated carbocycles. The maximum Gasteiger partial charge on any atom is 0.404 e. The summed E-state index contributed by atoms with van der Waals surface area (Å²) in [7, 11) is 2.56. The van der Waals surface area contributed by atoms with Crippen molar-refractivity contribution in [2.75, 3.05) is 33.4 Å². The molecule has 3 heterocycles. The van der Waals surface area contributed by atoms with Crippen LogP contribution in [0.25, 0.3) is 0 Å². The molecule has 3 rings (SSSR count). The molecule has 0 spiro atoms. The number of furan rings is 1. The molecule has 1 aromatic heterocycles. The summed E-state index contributed by atoms with van der Waals surface area (Å²) in [5.74, 6) is -2.95.